The molecule has 1 unspecified atom stereocenters. The lowest BCUT2D eigenvalue weighted by atomic mass is 10.0. The van der Waals surface area contributed by atoms with Gasteiger partial charge in [0.15, 0.2) is 0 Å². The molecule has 0 aliphatic carbocycles. The SMILES string of the molecule is CCn1c(C(C#N)c2cnn(-c3ccccc3)c(=O)c2Br)nc2ccccc21. The molecule has 1 atom stereocenters. The van der Waals surface area contributed by atoms with E-state index in [0.717, 1.165) is 11.0 Å². The molecule has 2 aromatic carbocycles. The second kappa shape index (κ2) is 7.41. The number of para-hydroxylation sites is 3. The van der Waals surface area contributed by atoms with Crippen LogP contribution in [0.25, 0.3) is 16.7 Å². The van der Waals surface area contributed by atoms with Gasteiger partial charge in [0.05, 0.1) is 33.5 Å². The van der Waals surface area contributed by atoms with Crippen LogP contribution in [0, 0.1) is 11.3 Å². The maximum Gasteiger partial charge on any atom is 0.286 e. The number of aryl methyl sites for hydroxylation is 1. The van der Waals surface area contributed by atoms with Gasteiger partial charge in [0.2, 0.25) is 0 Å². The smallest absolute Gasteiger partial charge is 0.286 e. The molecule has 0 amide bonds. The number of nitriles is 1. The van der Waals surface area contributed by atoms with Crippen LogP contribution in [0.2, 0.25) is 0 Å². The lowest BCUT2D eigenvalue weighted by Crippen LogP contribution is -2.24. The van der Waals surface area contributed by atoms with E-state index in [0.29, 0.717) is 28.1 Å². The van der Waals surface area contributed by atoms with Gasteiger partial charge in [0.1, 0.15) is 11.7 Å². The van der Waals surface area contributed by atoms with E-state index in [2.05, 4.69) is 32.1 Å². The molecular formula is C21H16BrN5O. The molecule has 0 bridgehead atoms. The molecule has 0 spiro atoms. The van der Waals surface area contributed by atoms with Crippen LogP contribution in [0.3, 0.4) is 0 Å². The summed E-state index contributed by atoms with van der Waals surface area (Å²) in [7, 11) is 0. The summed E-state index contributed by atoms with van der Waals surface area (Å²) >= 11 is 3.40. The molecule has 0 N–H and O–H groups in total. The Labute approximate surface area is 169 Å². The van der Waals surface area contributed by atoms with Crippen molar-refractivity contribution in [2.24, 2.45) is 0 Å². The van der Waals surface area contributed by atoms with Crippen molar-refractivity contribution in [3.8, 4) is 11.8 Å². The van der Waals surface area contributed by atoms with Crippen molar-refractivity contribution < 1.29 is 0 Å². The van der Waals surface area contributed by atoms with Crippen molar-refractivity contribution in [2.45, 2.75) is 19.4 Å². The summed E-state index contributed by atoms with van der Waals surface area (Å²) in [5.74, 6) is -0.113. The largest absolute Gasteiger partial charge is 0.327 e. The molecular weight excluding hydrogens is 418 g/mol. The maximum absolute atomic E-state index is 12.9. The number of nitrogens with zero attached hydrogens (tertiary/aromatic N) is 5. The average molecular weight is 434 g/mol. The summed E-state index contributed by atoms with van der Waals surface area (Å²) in [5, 5.41) is 14.2. The monoisotopic (exact) mass is 433 g/mol. The summed E-state index contributed by atoms with van der Waals surface area (Å²) in [6.45, 7) is 2.67. The van der Waals surface area contributed by atoms with Crippen LogP contribution >= 0.6 is 15.9 Å². The minimum Gasteiger partial charge on any atom is -0.327 e. The van der Waals surface area contributed by atoms with Crippen LogP contribution in [-0.4, -0.2) is 19.3 Å². The van der Waals surface area contributed by atoms with E-state index in [1.165, 1.54) is 4.68 Å². The van der Waals surface area contributed by atoms with Crippen LogP contribution in [0.1, 0.15) is 24.2 Å². The molecule has 138 valence electrons. The van der Waals surface area contributed by atoms with E-state index in [9.17, 15) is 10.1 Å². The Morgan fingerprint density at radius 3 is 2.57 bits per heavy atom. The van der Waals surface area contributed by atoms with E-state index >= 15 is 0 Å². The number of hydrogen-bond donors (Lipinski definition) is 0. The molecule has 7 heteroatoms. The highest BCUT2D eigenvalue weighted by Crippen LogP contribution is 2.30. The fourth-order valence-corrected chi connectivity index (χ4v) is 3.81. The first-order valence-electron chi connectivity index (χ1n) is 8.83. The van der Waals surface area contributed by atoms with Gasteiger partial charge in [-0.3, -0.25) is 4.79 Å². The summed E-state index contributed by atoms with van der Waals surface area (Å²) in [6, 6.07) is 19.2. The molecule has 0 saturated heterocycles. The number of rotatable bonds is 4. The van der Waals surface area contributed by atoms with E-state index in [1.807, 2.05) is 54.0 Å². The lowest BCUT2D eigenvalue weighted by Gasteiger charge is -2.14. The summed E-state index contributed by atoms with van der Waals surface area (Å²) in [4.78, 5) is 17.6. The molecule has 0 saturated carbocycles. The van der Waals surface area contributed by atoms with Crippen molar-refractivity contribution in [2.75, 3.05) is 0 Å². The Bertz CT molecular complexity index is 1250. The molecule has 4 aromatic rings. The van der Waals surface area contributed by atoms with Crippen molar-refractivity contribution in [3.05, 3.63) is 87.0 Å². The van der Waals surface area contributed by atoms with E-state index in [1.54, 1.807) is 18.3 Å². The number of hydrogen-bond acceptors (Lipinski definition) is 4. The minimum absolute atomic E-state index is 0.313. The molecule has 4 rings (SSSR count). The standard InChI is InChI=1S/C21H16BrN5O/c1-2-26-18-11-7-6-10-17(18)25-20(26)15(12-23)16-13-24-27(21(28)19(16)22)14-8-4-3-5-9-14/h3-11,13,15H,2H2,1H3. The predicted molar refractivity (Wildman–Crippen MR) is 110 cm³/mol. The van der Waals surface area contributed by atoms with Crippen LogP contribution in [0.15, 0.2) is 70.1 Å². The third-order valence-electron chi connectivity index (χ3n) is 4.65. The zero-order valence-electron chi connectivity index (χ0n) is 15.1. The summed E-state index contributed by atoms with van der Waals surface area (Å²) in [6.07, 6.45) is 1.56. The van der Waals surface area contributed by atoms with Gasteiger partial charge in [0.25, 0.3) is 5.56 Å². The van der Waals surface area contributed by atoms with Gasteiger partial charge < -0.3 is 4.57 Å². The molecule has 0 fully saturated rings. The van der Waals surface area contributed by atoms with E-state index in [-0.39, 0.29) is 5.56 Å². The number of fused-ring (bicyclic) bond motifs is 1. The first-order chi connectivity index (χ1) is 13.7. The first-order valence-corrected chi connectivity index (χ1v) is 9.63. The second-order valence-corrected chi connectivity index (χ2v) is 7.02. The fourth-order valence-electron chi connectivity index (χ4n) is 3.31. The first kappa shape index (κ1) is 18.1. The van der Waals surface area contributed by atoms with E-state index in [4.69, 9.17) is 0 Å². The molecule has 28 heavy (non-hydrogen) atoms. The molecule has 0 radical (unpaired) electrons. The zero-order valence-corrected chi connectivity index (χ0v) is 16.7. The maximum atomic E-state index is 12.9. The number of benzene rings is 2. The van der Waals surface area contributed by atoms with Crippen LogP contribution in [0.5, 0.6) is 0 Å². The fraction of sp³-hybridized carbons (Fsp3) is 0.143. The zero-order chi connectivity index (χ0) is 19.7. The average Bonchev–Trinajstić information content (AvgIpc) is 3.10. The number of aromatic nitrogens is 4. The minimum atomic E-state index is -0.715. The van der Waals surface area contributed by atoms with Crippen molar-refractivity contribution in [1.82, 2.24) is 19.3 Å². The van der Waals surface area contributed by atoms with Crippen molar-refractivity contribution in [1.29, 1.82) is 5.26 Å². The Balaban J connectivity index is 1.88. The molecule has 0 aliphatic rings. The number of halogens is 1. The van der Waals surface area contributed by atoms with Gasteiger partial charge in [-0.05, 0) is 47.1 Å². The van der Waals surface area contributed by atoms with Crippen molar-refractivity contribution in [3.63, 3.8) is 0 Å². The molecule has 2 heterocycles. The summed E-state index contributed by atoms with van der Waals surface area (Å²) < 4.78 is 3.62. The molecule has 0 aliphatic heterocycles. The third kappa shape index (κ3) is 2.92. The van der Waals surface area contributed by atoms with Gasteiger partial charge in [-0.2, -0.15) is 15.0 Å². The van der Waals surface area contributed by atoms with Crippen molar-refractivity contribution >= 4 is 27.0 Å². The Morgan fingerprint density at radius 2 is 1.86 bits per heavy atom. The molecule has 2 aromatic heterocycles. The topological polar surface area (TPSA) is 76.5 Å². The van der Waals surface area contributed by atoms with Crippen LogP contribution < -0.4 is 5.56 Å². The highest BCUT2D eigenvalue weighted by molar-refractivity contribution is 9.10. The van der Waals surface area contributed by atoms with Gasteiger partial charge in [-0.1, -0.05) is 30.3 Å². The number of imidazole rings is 1. The Kier molecular flexibility index (Phi) is 4.80. The van der Waals surface area contributed by atoms with Gasteiger partial charge >= 0.3 is 0 Å². The van der Waals surface area contributed by atoms with Gasteiger partial charge in [0, 0.05) is 12.1 Å². The highest BCUT2D eigenvalue weighted by Gasteiger charge is 2.25. The van der Waals surface area contributed by atoms with Gasteiger partial charge in [-0.15, -0.1) is 0 Å². The van der Waals surface area contributed by atoms with E-state index < -0.39 is 5.92 Å². The summed E-state index contributed by atoms with van der Waals surface area (Å²) in [5.41, 5.74) is 2.63. The molecule has 6 nitrogen and oxygen atoms in total. The Hall–Kier alpha value is -3.24. The third-order valence-corrected chi connectivity index (χ3v) is 5.44. The normalized spacial score (nSPS) is 12.0. The highest BCUT2D eigenvalue weighted by atomic mass is 79.9. The van der Waals surface area contributed by atoms with Crippen LogP contribution in [0.4, 0.5) is 0 Å². The van der Waals surface area contributed by atoms with Gasteiger partial charge in [-0.25, -0.2) is 4.98 Å². The lowest BCUT2D eigenvalue weighted by molar-refractivity contribution is 0.702. The Morgan fingerprint density at radius 1 is 1.14 bits per heavy atom. The predicted octanol–water partition coefficient (Wildman–Crippen LogP) is 4.02. The quantitative estimate of drug-likeness (QED) is 0.486. The second-order valence-electron chi connectivity index (χ2n) is 6.23. The van der Waals surface area contributed by atoms with Crippen LogP contribution in [-0.2, 0) is 6.54 Å².